The van der Waals surface area contributed by atoms with Crippen LogP contribution in [0.4, 0.5) is 0 Å². The van der Waals surface area contributed by atoms with Crippen molar-refractivity contribution in [1.82, 2.24) is 4.57 Å². The van der Waals surface area contributed by atoms with Crippen molar-refractivity contribution in [2.75, 3.05) is 6.61 Å². The summed E-state index contributed by atoms with van der Waals surface area (Å²) in [4.78, 5) is 0. The molecule has 0 saturated heterocycles. The van der Waals surface area contributed by atoms with Crippen LogP contribution in [0.2, 0.25) is 0 Å². The van der Waals surface area contributed by atoms with Gasteiger partial charge in [-0.25, -0.2) is 0 Å². The number of hydrogen-bond donors (Lipinski definition) is 1. The van der Waals surface area contributed by atoms with E-state index in [4.69, 9.17) is 0 Å². The Labute approximate surface area is 129 Å². The number of fused-ring (bicyclic) bond motifs is 1. The van der Waals surface area contributed by atoms with Crippen LogP contribution in [0.3, 0.4) is 0 Å². The monoisotopic (exact) mass is 297 g/mol. The van der Waals surface area contributed by atoms with Gasteiger partial charge in [0.25, 0.3) is 0 Å². The van der Waals surface area contributed by atoms with Crippen molar-refractivity contribution in [3.8, 4) is 0 Å². The van der Waals surface area contributed by atoms with Crippen molar-refractivity contribution in [1.29, 1.82) is 0 Å². The third-order valence-electron chi connectivity index (χ3n) is 3.92. The van der Waals surface area contributed by atoms with Crippen LogP contribution in [-0.4, -0.2) is 16.3 Å². The van der Waals surface area contributed by atoms with Gasteiger partial charge in [0, 0.05) is 18.0 Å². The molecule has 1 aromatic heterocycles. The summed E-state index contributed by atoms with van der Waals surface area (Å²) in [6.45, 7) is 2.19. The van der Waals surface area contributed by atoms with E-state index < -0.39 is 0 Å². The number of aliphatic hydroxyl groups is 1. The van der Waals surface area contributed by atoms with Gasteiger partial charge in [0.2, 0.25) is 0 Å². The SMILES string of the molecule is Cn1c(SC(C)(CO)c2ccccc2)cc2ccccc21. The molecule has 0 aliphatic rings. The van der Waals surface area contributed by atoms with E-state index in [2.05, 4.69) is 61.0 Å². The molecule has 3 rings (SSSR count). The van der Waals surface area contributed by atoms with E-state index in [0.29, 0.717) is 0 Å². The number of aryl methyl sites for hydroxylation is 1. The van der Waals surface area contributed by atoms with Crippen molar-refractivity contribution in [3.63, 3.8) is 0 Å². The smallest absolute Gasteiger partial charge is 0.0765 e. The fraction of sp³-hybridized carbons (Fsp3) is 0.222. The quantitative estimate of drug-likeness (QED) is 0.731. The molecule has 3 heteroatoms. The minimum atomic E-state index is -0.344. The number of aliphatic hydroxyl groups excluding tert-OH is 1. The van der Waals surface area contributed by atoms with Gasteiger partial charge in [-0.2, -0.15) is 0 Å². The van der Waals surface area contributed by atoms with E-state index in [-0.39, 0.29) is 11.4 Å². The van der Waals surface area contributed by atoms with Gasteiger partial charge in [0.15, 0.2) is 0 Å². The van der Waals surface area contributed by atoms with Crippen LogP contribution in [0, 0.1) is 0 Å². The Kier molecular flexibility index (Phi) is 3.79. The lowest BCUT2D eigenvalue weighted by atomic mass is 10.0. The molecule has 0 saturated carbocycles. The predicted octanol–water partition coefficient (Wildman–Crippen LogP) is 4.18. The number of thioether (sulfide) groups is 1. The molecule has 0 aliphatic carbocycles. The predicted molar refractivity (Wildman–Crippen MR) is 89.7 cm³/mol. The van der Waals surface area contributed by atoms with Crippen molar-refractivity contribution >= 4 is 22.7 Å². The summed E-state index contributed by atoms with van der Waals surface area (Å²) in [5.41, 5.74) is 2.36. The molecule has 0 bridgehead atoms. The van der Waals surface area contributed by atoms with Gasteiger partial charge in [-0.3, -0.25) is 0 Å². The molecule has 3 aromatic rings. The summed E-state index contributed by atoms with van der Waals surface area (Å²) in [5, 5.41) is 12.3. The molecule has 2 aromatic carbocycles. The summed E-state index contributed by atoms with van der Waals surface area (Å²) in [7, 11) is 2.08. The second kappa shape index (κ2) is 5.58. The fourth-order valence-corrected chi connectivity index (χ4v) is 3.77. The van der Waals surface area contributed by atoms with Crippen molar-refractivity contribution in [3.05, 3.63) is 66.2 Å². The number of nitrogens with zero attached hydrogens (tertiary/aromatic N) is 1. The largest absolute Gasteiger partial charge is 0.395 e. The summed E-state index contributed by atoms with van der Waals surface area (Å²) in [5.74, 6) is 0. The minimum Gasteiger partial charge on any atom is -0.395 e. The first-order valence-corrected chi connectivity index (χ1v) is 7.85. The van der Waals surface area contributed by atoms with Crippen LogP contribution in [0.5, 0.6) is 0 Å². The number of rotatable bonds is 4. The highest BCUT2D eigenvalue weighted by Gasteiger charge is 2.28. The lowest BCUT2D eigenvalue weighted by Gasteiger charge is -2.27. The number of benzene rings is 2. The molecule has 1 atom stereocenters. The number of para-hydroxylation sites is 1. The third-order valence-corrected chi connectivity index (χ3v) is 5.34. The standard InChI is InChI=1S/C18H19NOS/c1-18(13-20,15-9-4-3-5-10-15)21-17-12-14-8-6-7-11-16(14)19(17)2/h3-12,20H,13H2,1-2H3. The van der Waals surface area contributed by atoms with Gasteiger partial charge in [-0.15, -0.1) is 0 Å². The van der Waals surface area contributed by atoms with Gasteiger partial charge < -0.3 is 9.67 Å². The molecule has 21 heavy (non-hydrogen) atoms. The molecular weight excluding hydrogens is 278 g/mol. The number of aromatic nitrogens is 1. The third kappa shape index (κ3) is 2.59. The molecule has 0 spiro atoms. The Hall–Kier alpha value is -1.71. The molecule has 1 unspecified atom stereocenters. The van der Waals surface area contributed by atoms with Crippen molar-refractivity contribution in [2.24, 2.45) is 7.05 Å². The zero-order chi connectivity index (χ0) is 14.9. The maximum atomic E-state index is 9.94. The molecule has 0 fully saturated rings. The molecule has 2 nitrogen and oxygen atoms in total. The van der Waals surface area contributed by atoms with Gasteiger partial charge in [0.1, 0.15) is 0 Å². The first-order valence-electron chi connectivity index (χ1n) is 7.04. The topological polar surface area (TPSA) is 25.2 Å². The molecule has 0 amide bonds. The zero-order valence-corrected chi connectivity index (χ0v) is 13.1. The van der Waals surface area contributed by atoms with Gasteiger partial charge in [0.05, 0.1) is 16.4 Å². The van der Waals surface area contributed by atoms with Gasteiger partial charge in [-0.05, 0) is 24.6 Å². The summed E-state index contributed by atoms with van der Waals surface area (Å²) in [6, 6.07) is 20.7. The Morgan fingerprint density at radius 3 is 2.38 bits per heavy atom. The summed E-state index contributed by atoms with van der Waals surface area (Å²) >= 11 is 1.71. The van der Waals surface area contributed by atoms with Crippen LogP contribution in [0.1, 0.15) is 12.5 Å². The number of hydrogen-bond acceptors (Lipinski definition) is 2. The average molecular weight is 297 g/mol. The maximum Gasteiger partial charge on any atom is 0.0765 e. The molecule has 108 valence electrons. The Balaban J connectivity index is 2.01. The highest BCUT2D eigenvalue weighted by atomic mass is 32.2. The molecular formula is C18H19NOS. The van der Waals surface area contributed by atoms with E-state index in [9.17, 15) is 5.11 Å². The average Bonchev–Trinajstić information content (AvgIpc) is 2.84. The van der Waals surface area contributed by atoms with Crippen LogP contribution >= 0.6 is 11.8 Å². The Morgan fingerprint density at radius 2 is 1.71 bits per heavy atom. The van der Waals surface area contributed by atoms with Gasteiger partial charge >= 0.3 is 0 Å². The maximum absolute atomic E-state index is 9.94. The first-order chi connectivity index (χ1) is 10.1. The highest BCUT2D eigenvalue weighted by molar-refractivity contribution is 8.00. The normalized spacial score (nSPS) is 14.2. The molecule has 1 N–H and O–H groups in total. The van der Waals surface area contributed by atoms with Crippen molar-refractivity contribution < 1.29 is 5.11 Å². The van der Waals surface area contributed by atoms with E-state index >= 15 is 0 Å². The molecule has 1 heterocycles. The minimum absolute atomic E-state index is 0.100. The Bertz CT molecular complexity index is 750. The van der Waals surface area contributed by atoms with Crippen LogP contribution in [0.15, 0.2) is 65.7 Å². The fourth-order valence-electron chi connectivity index (χ4n) is 2.57. The van der Waals surface area contributed by atoms with Crippen LogP contribution in [0.25, 0.3) is 10.9 Å². The highest BCUT2D eigenvalue weighted by Crippen LogP contribution is 2.42. The second-order valence-electron chi connectivity index (χ2n) is 5.46. The van der Waals surface area contributed by atoms with Crippen LogP contribution in [-0.2, 0) is 11.8 Å². The van der Waals surface area contributed by atoms with E-state index in [1.54, 1.807) is 11.8 Å². The summed E-state index contributed by atoms with van der Waals surface area (Å²) in [6.07, 6.45) is 0. The molecule has 0 aliphatic heterocycles. The van der Waals surface area contributed by atoms with E-state index in [1.165, 1.54) is 10.9 Å². The second-order valence-corrected chi connectivity index (χ2v) is 6.98. The van der Waals surface area contributed by atoms with Crippen LogP contribution < -0.4 is 0 Å². The van der Waals surface area contributed by atoms with E-state index in [1.807, 2.05) is 18.2 Å². The van der Waals surface area contributed by atoms with Crippen molar-refractivity contribution in [2.45, 2.75) is 16.7 Å². The Morgan fingerprint density at radius 1 is 1.05 bits per heavy atom. The first kappa shape index (κ1) is 14.2. The van der Waals surface area contributed by atoms with E-state index in [0.717, 1.165) is 10.6 Å². The lowest BCUT2D eigenvalue weighted by Crippen LogP contribution is -2.22. The summed E-state index contributed by atoms with van der Waals surface area (Å²) < 4.78 is 1.85. The zero-order valence-electron chi connectivity index (χ0n) is 12.3. The molecule has 0 radical (unpaired) electrons. The van der Waals surface area contributed by atoms with Gasteiger partial charge in [-0.1, -0.05) is 60.3 Å². The lowest BCUT2D eigenvalue weighted by molar-refractivity contribution is 0.257.